The first-order chi connectivity index (χ1) is 16.1. The molecule has 34 heavy (non-hydrogen) atoms. The number of aromatic nitrogens is 2. The van der Waals surface area contributed by atoms with Crippen LogP contribution < -0.4 is 11.3 Å². The normalized spacial score (nSPS) is 18.2. The van der Waals surface area contributed by atoms with Gasteiger partial charge in [0, 0.05) is 41.0 Å². The lowest BCUT2D eigenvalue weighted by Crippen LogP contribution is -2.38. The highest BCUT2D eigenvalue weighted by molar-refractivity contribution is 7.99. The molecular weight excluding hydrogens is 478 g/mol. The summed E-state index contributed by atoms with van der Waals surface area (Å²) in [6, 6.07) is 7.22. The Hall–Kier alpha value is -2.59. The van der Waals surface area contributed by atoms with E-state index in [9.17, 15) is 9.59 Å². The van der Waals surface area contributed by atoms with Crippen LogP contribution in [0.1, 0.15) is 20.8 Å². The molecule has 1 aliphatic carbocycles. The molecule has 3 rings (SSSR count). The van der Waals surface area contributed by atoms with Crippen LogP contribution in [0.15, 0.2) is 69.3 Å². The van der Waals surface area contributed by atoms with Gasteiger partial charge in [-0.05, 0) is 50.3 Å². The summed E-state index contributed by atoms with van der Waals surface area (Å²) in [6.07, 6.45) is 6.39. The number of carbonyl (C=O) groups is 1. The Kier molecular flexibility index (Phi) is 8.59. The summed E-state index contributed by atoms with van der Waals surface area (Å²) in [4.78, 5) is 29.9. The van der Waals surface area contributed by atoms with Crippen LogP contribution in [0.2, 0.25) is 5.02 Å². The molecule has 8 nitrogen and oxygen atoms in total. The predicted octanol–water partition coefficient (Wildman–Crippen LogP) is 3.73. The minimum absolute atomic E-state index is 0.122. The van der Waals surface area contributed by atoms with Crippen LogP contribution in [0.5, 0.6) is 0 Å². The lowest BCUT2D eigenvalue weighted by atomic mass is 9.93. The predicted molar refractivity (Wildman–Crippen MR) is 132 cm³/mol. The standard InChI is InChI=1S/C24H28ClN3O5S/c1-15-18(9-10-19(21(15)31-4)32-14-24(2,3)33-20(29)13-26)28-12-11-27-22(23(28)30)34-17-7-5-16(25)6-8-17/h5-12,15,21H,13-14,26H2,1-4H3. The lowest BCUT2D eigenvalue weighted by Gasteiger charge is -2.33. The maximum absolute atomic E-state index is 13.2. The van der Waals surface area contributed by atoms with Crippen molar-refractivity contribution >= 4 is 35.0 Å². The number of hydrogen-bond acceptors (Lipinski definition) is 8. The molecule has 1 aromatic carbocycles. The van der Waals surface area contributed by atoms with Crippen LogP contribution in [0, 0.1) is 5.92 Å². The highest BCUT2D eigenvalue weighted by Crippen LogP contribution is 2.32. The monoisotopic (exact) mass is 505 g/mol. The molecule has 10 heteroatoms. The summed E-state index contributed by atoms with van der Waals surface area (Å²) < 4.78 is 18.5. The molecule has 0 saturated carbocycles. The van der Waals surface area contributed by atoms with Gasteiger partial charge >= 0.3 is 5.97 Å². The van der Waals surface area contributed by atoms with Crippen molar-refractivity contribution in [3.63, 3.8) is 0 Å². The topological polar surface area (TPSA) is 106 Å². The van der Waals surface area contributed by atoms with Gasteiger partial charge < -0.3 is 19.9 Å². The number of halogens is 1. The first-order valence-electron chi connectivity index (χ1n) is 10.7. The molecular formula is C24H28ClN3O5S. The highest BCUT2D eigenvalue weighted by atomic mass is 35.5. The lowest BCUT2D eigenvalue weighted by molar-refractivity contribution is -0.159. The Bertz CT molecular complexity index is 1140. The molecule has 0 radical (unpaired) electrons. The molecule has 2 atom stereocenters. The number of rotatable bonds is 9. The number of hydrogen-bond donors (Lipinski definition) is 1. The van der Waals surface area contributed by atoms with Gasteiger partial charge in [0.05, 0.1) is 6.54 Å². The Morgan fingerprint density at radius 3 is 2.62 bits per heavy atom. The number of ether oxygens (including phenoxy) is 3. The Morgan fingerprint density at radius 2 is 1.97 bits per heavy atom. The molecule has 0 spiro atoms. The van der Waals surface area contributed by atoms with Gasteiger partial charge in [-0.25, -0.2) is 4.98 Å². The van der Waals surface area contributed by atoms with Crippen LogP contribution in [0.25, 0.3) is 5.70 Å². The van der Waals surface area contributed by atoms with E-state index in [2.05, 4.69) is 4.98 Å². The van der Waals surface area contributed by atoms with Gasteiger partial charge in [-0.3, -0.25) is 14.2 Å². The van der Waals surface area contributed by atoms with Crippen LogP contribution in [0.4, 0.5) is 0 Å². The van der Waals surface area contributed by atoms with E-state index in [1.807, 2.05) is 25.1 Å². The molecule has 2 N–H and O–H groups in total. The van der Waals surface area contributed by atoms with Gasteiger partial charge in [0.1, 0.15) is 24.1 Å². The van der Waals surface area contributed by atoms with Crippen LogP contribution in [-0.4, -0.2) is 47.5 Å². The molecule has 2 unspecified atom stereocenters. The van der Waals surface area contributed by atoms with E-state index >= 15 is 0 Å². The summed E-state index contributed by atoms with van der Waals surface area (Å²) in [6.45, 7) is 5.36. The average Bonchev–Trinajstić information content (AvgIpc) is 2.80. The quantitative estimate of drug-likeness (QED) is 0.514. The van der Waals surface area contributed by atoms with Crippen molar-refractivity contribution in [1.29, 1.82) is 0 Å². The minimum atomic E-state index is -0.862. The van der Waals surface area contributed by atoms with Crippen LogP contribution in [0.3, 0.4) is 0 Å². The smallest absolute Gasteiger partial charge is 0.320 e. The number of methoxy groups -OCH3 is 1. The second-order valence-corrected chi connectivity index (χ2v) is 9.79. The zero-order chi connectivity index (χ0) is 24.9. The Labute approximate surface area is 207 Å². The highest BCUT2D eigenvalue weighted by Gasteiger charge is 2.32. The molecule has 0 bridgehead atoms. The molecule has 0 aliphatic heterocycles. The van der Waals surface area contributed by atoms with Crippen molar-refractivity contribution < 1.29 is 19.0 Å². The molecule has 1 heterocycles. The Balaban J connectivity index is 1.84. The fourth-order valence-corrected chi connectivity index (χ4v) is 4.40. The van der Waals surface area contributed by atoms with Crippen LogP contribution in [-0.2, 0) is 19.0 Å². The van der Waals surface area contributed by atoms with Gasteiger partial charge in [0.2, 0.25) is 0 Å². The van der Waals surface area contributed by atoms with Gasteiger partial charge in [0.15, 0.2) is 5.03 Å². The van der Waals surface area contributed by atoms with Gasteiger partial charge in [-0.15, -0.1) is 0 Å². The molecule has 2 aromatic rings. The third-order valence-electron chi connectivity index (χ3n) is 5.13. The summed E-state index contributed by atoms with van der Waals surface area (Å²) in [5, 5.41) is 0.974. The average molecular weight is 506 g/mol. The van der Waals surface area contributed by atoms with Crippen molar-refractivity contribution in [2.75, 3.05) is 20.3 Å². The third-order valence-corrected chi connectivity index (χ3v) is 6.37. The van der Waals surface area contributed by atoms with Gasteiger partial charge in [-0.2, -0.15) is 0 Å². The summed E-state index contributed by atoms with van der Waals surface area (Å²) in [5.41, 5.74) is 4.98. The second-order valence-electron chi connectivity index (χ2n) is 8.30. The maximum Gasteiger partial charge on any atom is 0.320 e. The maximum atomic E-state index is 13.2. The van der Waals surface area contributed by atoms with Crippen molar-refractivity contribution in [3.8, 4) is 0 Å². The number of esters is 1. The van der Waals surface area contributed by atoms with Gasteiger partial charge in [-0.1, -0.05) is 30.3 Å². The SMILES string of the molecule is COC1C(OCC(C)(C)OC(=O)CN)=CC=C(n2ccnc(Sc3ccc(Cl)cc3)c2=O)C1C. The van der Waals surface area contributed by atoms with E-state index in [-0.39, 0.29) is 24.6 Å². The third kappa shape index (κ3) is 6.29. The number of allylic oxidation sites excluding steroid dienone is 2. The van der Waals surface area contributed by atoms with E-state index in [0.717, 1.165) is 10.6 Å². The summed E-state index contributed by atoms with van der Waals surface area (Å²) >= 11 is 7.23. The first-order valence-corrected chi connectivity index (χ1v) is 11.9. The van der Waals surface area contributed by atoms with Crippen molar-refractivity contribution in [3.05, 3.63) is 69.9 Å². The number of carbonyl (C=O) groups excluding carboxylic acids is 1. The van der Waals surface area contributed by atoms with Crippen molar-refractivity contribution in [2.45, 2.75) is 42.4 Å². The number of nitrogens with zero attached hydrogens (tertiary/aromatic N) is 2. The molecule has 182 valence electrons. The van der Waals surface area contributed by atoms with E-state index in [1.165, 1.54) is 11.8 Å². The molecule has 0 saturated heterocycles. The molecule has 0 amide bonds. The molecule has 1 aromatic heterocycles. The zero-order valence-corrected chi connectivity index (χ0v) is 21.1. The first kappa shape index (κ1) is 26.0. The largest absolute Gasteiger partial charge is 0.491 e. The zero-order valence-electron chi connectivity index (χ0n) is 19.5. The molecule has 1 aliphatic rings. The fourth-order valence-electron chi connectivity index (χ4n) is 3.48. The van der Waals surface area contributed by atoms with E-state index in [4.69, 9.17) is 31.5 Å². The fraction of sp³-hybridized carbons (Fsp3) is 0.375. The number of nitrogens with two attached hydrogens (primary N) is 1. The van der Waals surface area contributed by atoms with Crippen LogP contribution >= 0.6 is 23.4 Å². The summed E-state index contributed by atoms with van der Waals surface area (Å²) in [5.74, 6) is -0.129. The van der Waals surface area contributed by atoms with Crippen molar-refractivity contribution in [1.82, 2.24) is 9.55 Å². The van der Waals surface area contributed by atoms with E-state index < -0.39 is 17.7 Å². The van der Waals surface area contributed by atoms with Crippen molar-refractivity contribution in [2.24, 2.45) is 11.7 Å². The van der Waals surface area contributed by atoms with E-state index in [1.54, 1.807) is 56.1 Å². The Morgan fingerprint density at radius 1 is 1.26 bits per heavy atom. The number of benzene rings is 1. The van der Waals surface area contributed by atoms with Gasteiger partial charge in [0.25, 0.3) is 5.56 Å². The minimum Gasteiger partial charge on any atom is -0.491 e. The summed E-state index contributed by atoms with van der Waals surface area (Å²) in [7, 11) is 1.58. The van der Waals surface area contributed by atoms with E-state index in [0.29, 0.717) is 15.8 Å². The second kappa shape index (κ2) is 11.2. The molecule has 0 fully saturated rings.